The number of nitrogens with zero attached hydrogens (tertiary/aromatic N) is 5. The number of hydrogen-bond acceptors (Lipinski definition) is 6. The number of rotatable bonds is 7. The molecule has 3 rings (SSSR count). The van der Waals surface area contributed by atoms with E-state index < -0.39 is 4.92 Å². The molecule has 0 saturated heterocycles. The minimum Gasteiger partial charge on any atom is -0.477 e. The molecule has 1 heterocycles. The highest BCUT2D eigenvalue weighted by Crippen LogP contribution is 2.26. The van der Waals surface area contributed by atoms with Gasteiger partial charge in [0.25, 0.3) is 5.91 Å². The van der Waals surface area contributed by atoms with Crippen molar-refractivity contribution in [2.24, 2.45) is 0 Å². The Labute approximate surface area is 161 Å². The molecule has 28 heavy (non-hydrogen) atoms. The van der Waals surface area contributed by atoms with E-state index in [-0.39, 0.29) is 30.0 Å². The summed E-state index contributed by atoms with van der Waals surface area (Å²) in [5, 5.41) is 15.1. The van der Waals surface area contributed by atoms with E-state index in [1.807, 2.05) is 31.2 Å². The molecule has 0 aliphatic heterocycles. The quantitative estimate of drug-likeness (QED) is 0.460. The van der Waals surface area contributed by atoms with Gasteiger partial charge in [-0.2, -0.15) is 5.10 Å². The highest BCUT2D eigenvalue weighted by molar-refractivity contribution is 5.78. The SMILES string of the molecule is C[C@@H](c1ccc(-n2cncn2)cc1)N(C)C(=O)COc1ccccc1[N+](=O)[O-]. The zero-order valence-corrected chi connectivity index (χ0v) is 15.4. The molecule has 0 saturated carbocycles. The van der Waals surface area contributed by atoms with Crippen LogP contribution in [0.3, 0.4) is 0 Å². The monoisotopic (exact) mass is 381 g/mol. The van der Waals surface area contributed by atoms with Crippen LogP contribution in [0.2, 0.25) is 0 Å². The predicted molar refractivity (Wildman–Crippen MR) is 101 cm³/mol. The molecule has 3 aromatic rings. The number of benzene rings is 2. The fraction of sp³-hybridized carbons (Fsp3) is 0.211. The van der Waals surface area contributed by atoms with Gasteiger partial charge in [0, 0.05) is 13.1 Å². The number of carbonyl (C=O) groups excluding carboxylic acids is 1. The van der Waals surface area contributed by atoms with Gasteiger partial charge in [0.1, 0.15) is 12.7 Å². The Morgan fingerprint density at radius 3 is 2.61 bits per heavy atom. The van der Waals surface area contributed by atoms with Crippen molar-refractivity contribution in [2.75, 3.05) is 13.7 Å². The first-order valence-corrected chi connectivity index (χ1v) is 8.54. The van der Waals surface area contributed by atoms with Crippen molar-refractivity contribution >= 4 is 11.6 Å². The second-order valence-electron chi connectivity index (χ2n) is 6.13. The van der Waals surface area contributed by atoms with Crippen LogP contribution in [0.15, 0.2) is 61.2 Å². The van der Waals surface area contributed by atoms with Crippen molar-refractivity contribution in [3.05, 3.63) is 76.9 Å². The number of carbonyl (C=O) groups is 1. The Morgan fingerprint density at radius 1 is 1.25 bits per heavy atom. The van der Waals surface area contributed by atoms with Crippen molar-refractivity contribution < 1.29 is 14.5 Å². The van der Waals surface area contributed by atoms with Crippen molar-refractivity contribution in [2.45, 2.75) is 13.0 Å². The molecular weight excluding hydrogens is 362 g/mol. The van der Waals surface area contributed by atoms with E-state index in [0.717, 1.165) is 11.3 Å². The fourth-order valence-corrected chi connectivity index (χ4v) is 2.66. The molecule has 0 radical (unpaired) electrons. The average molecular weight is 381 g/mol. The zero-order valence-electron chi connectivity index (χ0n) is 15.4. The van der Waals surface area contributed by atoms with Crippen LogP contribution >= 0.6 is 0 Å². The standard InChI is InChI=1S/C19H19N5O4/c1-14(15-7-9-16(10-8-15)23-13-20-12-21-23)22(2)19(25)11-28-18-6-4-3-5-17(18)24(26)27/h3-10,12-14H,11H2,1-2H3/t14-/m0/s1. The van der Waals surface area contributed by atoms with Gasteiger partial charge in [-0.15, -0.1) is 0 Å². The first-order chi connectivity index (χ1) is 13.5. The first kappa shape index (κ1) is 19.0. The maximum Gasteiger partial charge on any atom is 0.310 e. The van der Waals surface area contributed by atoms with E-state index in [2.05, 4.69) is 10.1 Å². The van der Waals surface area contributed by atoms with Crippen molar-refractivity contribution in [3.63, 3.8) is 0 Å². The summed E-state index contributed by atoms with van der Waals surface area (Å²) >= 11 is 0. The van der Waals surface area contributed by atoms with Crippen LogP contribution in [-0.4, -0.2) is 44.1 Å². The molecule has 0 aliphatic carbocycles. The largest absolute Gasteiger partial charge is 0.477 e. The third-order valence-electron chi connectivity index (χ3n) is 4.45. The summed E-state index contributed by atoms with van der Waals surface area (Å²) in [6.07, 6.45) is 3.06. The summed E-state index contributed by atoms with van der Waals surface area (Å²) in [5.74, 6) is -0.218. The molecule has 0 spiro atoms. The Bertz CT molecular complexity index is 957. The number of hydrogen-bond donors (Lipinski definition) is 0. The number of para-hydroxylation sites is 2. The van der Waals surface area contributed by atoms with Gasteiger partial charge in [0.05, 0.1) is 16.7 Å². The van der Waals surface area contributed by atoms with Gasteiger partial charge in [-0.25, -0.2) is 9.67 Å². The lowest BCUT2D eigenvalue weighted by Gasteiger charge is -2.25. The summed E-state index contributed by atoms with van der Waals surface area (Å²) < 4.78 is 7.03. The third-order valence-corrected chi connectivity index (χ3v) is 4.45. The van der Waals surface area contributed by atoms with Crippen LogP contribution in [-0.2, 0) is 4.79 Å². The lowest BCUT2D eigenvalue weighted by molar-refractivity contribution is -0.385. The van der Waals surface area contributed by atoms with Crippen LogP contribution in [0.25, 0.3) is 5.69 Å². The molecule has 9 nitrogen and oxygen atoms in total. The highest BCUT2D eigenvalue weighted by Gasteiger charge is 2.20. The molecule has 0 N–H and O–H groups in total. The smallest absolute Gasteiger partial charge is 0.310 e. The molecule has 1 amide bonds. The molecule has 1 atom stereocenters. The van der Waals surface area contributed by atoms with Gasteiger partial charge >= 0.3 is 5.69 Å². The van der Waals surface area contributed by atoms with E-state index in [1.165, 1.54) is 18.5 Å². The Kier molecular flexibility index (Phi) is 5.64. The minimum absolute atomic E-state index is 0.0686. The van der Waals surface area contributed by atoms with Crippen molar-refractivity contribution in [1.29, 1.82) is 0 Å². The molecule has 144 valence electrons. The summed E-state index contributed by atoms with van der Waals surface area (Å²) in [5.41, 5.74) is 1.63. The van der Waals surface area contributed by atoms with Crippen LogP contribution in [0.1, 0.15) is 18.5 Å². The number of nitro benzene ring substituents is 1. The lowest BCUT2D eigenvalue weighted by atomic mass is 10.1. The number of nitro groups is 1. The normalized spacial score (nSPS) is 11.6. The molecular formula is C19H19N5O4. The second kappa shape index (κ2) is 8.30. The van der Waals surface area contributed by atoms with E-state index in [1.54, 1.807) is 35.1 Å². The predicted octanol–water partition coefficient (Wildman–Crippen LogP) is 2.77. The topological polar surface area (TPSA) is 103 Å². The Hall–Kier alpha value is -3.75. The van der Waals surface area contributed by atoms with Crippen LogP contribution in [0.4, 0.5) is 5.69 Å². The number of ether oxygens (including phenoxy) is 1. The molecule has 9 heteroatoms. The number of aromatic nitrogens is 3. The molecule has 0 aliphatic rings. The zero-order chi connectivity index (χ0) is 20.1. The molecule has 2 aromatic carbocycles. The van der Waals surface area contributed by atoms with Gasteiger partial charge in [-0.05, 0) is 30.7 Å². The first-order valence-electron chi connectivity index (χ1n) is 8.54. The second-order valence-corrected chi connectivity index (χ2v) is 6.13. The summed E-state index contributed by atoms with van der Waals surface area (Å²) in [6.45, 7) is 1.61. The van der Waals surface area contributed by atoms with E-state index in [4.69, 9.17) is 4.74 Å². The summed E-state index contributed by atoms with van der Waals surface area (Å²) in [4.78, 5) is 28.4. The highest BCUT2D eigenvalue weighted by atomic mass is 16.6. The molecule has 1 aromatic heterocycles. The van der Waals surface area contributed by atoms with Gasteiger partial charge in [0.15, 0.2) is 12.4 Å². The molecule has 0 fully saturated rings. The van der Waals surface area contributed by atoms with E-state index >= 15 is 0 Å². The Balaban J connectivity index is 1.64. The third kappa shape index (κ3) is 4.14. The van der Waals surface area contributed by atoms with Gasteiger partial charge in [-0.1, -0.05) is 24.3 Å². The van der Waals surface area contributed by atoms with Crippen LogP contribution in [0, 0.1) is 10.1 Å². The maximum atomic E-state index is 12.5. The summed E-state index contributed by atoms with van der Waals surface area (Å²) in [7, 11) is 1.67. The van der Waals surface area contributed by atoms with Crippen molar-refractivity contribution in [1.82, 2.24) is 19.7 Å². The van der Waals surface area contributed by atoms with Crippen LogP contribution in [0.5, 0.6) is 5.75 Å². The summed E-state index contributed by atoms with van der Waals surface area (Å²) in [6, 6.07) is 13.4. The van der Waals surface area contributed by atoms with E-state index in [9.17, 15) is 14.9 Å². The number of likely N-dealkylation sites (N-methyl/N-ethyl adjacent to an activating group) is 1. The van der Waals surface area contributed by atoms with Gasteiger partial charge in [-0.3, -0.25) is 14.9 Å². The van der Waals surface area contributed by atoms with Gasteiger partial charge in [0.2, 0.25) is 0 Å². The maximum absolute atomic E-state index is 12.5. The van der Waals surface area contributed by atoms with Crippen LogP contribution < -0.4 is 4.74 Å². The lowest BCUT2D eigenvalue weighted by Crippen LogP contribution is -2.33. The molecule has 0 bridgehead atoms. The van der Waals surface area contributed by atoms with E-state index in [0.29, 0.717) is 0 Å². The average Bonchev–Trinajstić information content (AvgIpc) is 3.26. The molecule has 0 unspecified atom stereocenters. The van der Waals surface area contributed by atoms with Crippen molar-refractivity contribution in [3.8, 4) is 11.4 Å². The van der Waals surface area contributed by atoms with Gasteiger partial charge < -0.3 is 9.64 Å². The number of amides is 1. The Morgan fingerprint density at radius 2 is 1.96 bits per heavy atom. The fourth-order valence-electron chi connectivity index (χ4n) is 2.66. The minimum atomic E-state index is -0.539.